The lowest BCUT2D eigenvalue weighted by Crippen LogP contribution is -2.10. The summed E-state index contributed by atoms with van der Waals surface area (Å²) in [5, 5.41) is 0.943. The Morgan fingerprint density at radius 2 is 2.13 bits per heavy atom. The minimum absolute atomic E-state index is 0.360. The Hall–Kier alpha value is -1.77. The van der Waals surface area contributed by atoms with Crippen LogP contribution in [0.3, 0.4) is 0 Å². The van der Waals surface area contributed by atoms with Gasteiger partial charge in [0.25, 0.3) is 5.91 Å². The van der Waals surface area contributed by atoms with Gasteiger partial charge < -0.3 is 10.3 Å². The molecule has 0 fully saturated rings. The van der Waals surface area contributed by atoms with Crippen LogP contribution < -0.4 is 5.73 Å². The largest absolute Gasteiger partial charge is 0.366 e. The Bertz CT molecular complexity index is 499. The van der Waals surface area contributed by atoms with E-state index in [9.17, 15) is 4.79 Å². The molecule has 0 aliphatic rings. The maximum atomic E-state index is 11.2. The molecule has 1 heterocycles. The van der Waals surface area contributed by atoms with Crippen molar-refractivity contribution in [1.29, 1.82) is 0 Å². The van der Waals surface area contributed by atoms with Crippen LogP contribution >= 0.6 is 0 Å². The van der Waals surface area contributed by atoms with Crippen LogP contribution in [0.2, 0.25) is 0 Å². The van der Waals surface area contributed by atoms with Crippen molar-refractivity contribution in [3.63, 3.8) is 0 Å². The molecule has 0 radical (unpaired) electrons. The first-order chi connectivity index (χ1) is 7.24. The minimum Gasteiger partial charge on any atom is -0.366 e. The minimum atomic E-state index is -0.360. The molecule has 1 aromatic heterocycles. The lowest BCUT2D eigenvalue weighted by molar-refractivity contribution is 0.100. The SMILES string of the molecule is CCCn1cc(C(N)=O)c2ccccc21. The number of primary amides is 1. The molecule has 0 saturated carbocycles. The molecule has 3 nitrogen and oxygen atoms in total. The number of amides is 1. The maximum absolute atomic E-state index is 11.2. The lowest BCUT2D eigenvalue weighted by atomic mass is 10.2. The highest BCUT2D eigenvalue weighted by Crippen LogP contribution is 2.20. The Morgan fingerprint density at radius 3 is 2.80 bits per heavy atom. The van der Waals surface area contributed by atoms with Crippen LogP contribution in [0.15, 0.2) is 30.5 Å². The first-order valence-electron chi connectivity index (χ1n) is 5.11. The van der Waals surface area contributed by atoms with Crippen LogP contribution in [-0.4, -0.2) is 10.5 Å². The molecule has 78 valence electrons. The van der Waals surface area contributed by atoms with Gasteiger partial charge in [0.15, 0.2) is 0 Å². The van der Waals surface area contributed by atoms with Gasteiger partial charge in [-0.1, -0.05) is 25.1 Å². The lowest BCUT2D eigenvalue weighted by Gasteiger charge is -2.00. The van der Waals surface area contributed by atoms with Crippen molar-refractivity contribution < 1.29 is 4.79 Å². The first-order valence-corrected chi connectivity index (χ1v) is 5.11. The molecule has 2 rings (SSSR count). The van der Waals surface area contributed by atoms with E-state index in [4.69, 9.17) is 5.73 Å². The van der Waals surface area contributed by atoms with Gasteiger partial charge in [-0.05, 0) is 12.5 Å². The van der Waals surface area contributed by atoms with Crippen molar-refractivity contribution in [3.05, 3.63) is 36.0 Å². The van der Waals surface area contributed by atoms with E-state index in [2.05, 4.69) is 11.5 Å². The molecule has 0 bridgehead atoms. The third-order valence-electron chi connectivity index (χ3n) is 2.52. The van der Waals surface area contributed by atoms with Crippen molar-refractivity contribution in [2.24, 2.45) is 5.73 Å². The zero-order valence-electron chi connectivity index (χ0n) is 8.73. The van der Waals surface area contributed by atoms with Gasteiger partial charge in [-0.25, -0.2) is 0 Å². The molecule has 0 atom stereocenters. The first kappa shape index (κ1) is 9.77. The summed E-state index contributed by atoms with van der Waals surface area (Å²) in [4.78, 5) is 11.2. The fourth-order valence-electron chi connectivity index (χ4n) is 1.87. The molecule has 3 heteroatoms. The van der Waals surface area contributed by atoms with Crippen LogP contribution in [0.25, 0.3) is 10.9 Å². The van der Waals surface area contributed by atoms with E-state index in [1.165, 1.54) is 0 Å². The second kappa shape index (κ2) is 3.77. The Balaban J connectivity index is 2.67. The predicted octanol–water partition coefficient (Wildman–Crippen LogP) is 2.15. The number of nitrogens with two attached hydrogens (primary N) is 1. The van der Waals surface area contributed by atoms with Gasteiger partial charge in [0.1, 0.15) is 0 Å². The predicted molar refractivity (Wildman–Crippen MR) is 60.7 cm³/mol. The normalized spacial score (nSPS) is 10.7. The van der Waals surface area contributed by atoms with Crippen LogP contribution in [0.4, 0.5) is 0 Å². The standard InChI is InChI=1S/C12H14N2O/c1-2-7-14-8-10(12(13)15)9-5-3-4-6-11(9)14/h3-6,8H,2,7H2,1H3,(H2,13,15). The van der Waals surface area contributed by atoms with E-state index < -0.39 is 0 Å². The number of rotatable bonds is 3. The molecular weight excluding hydrogens is 188 g/mol. The molecule has 0 spiro atoms. The van der Waals surface area contributed by atoms with E-state index in [-0.39, 0.29) is 5.91 Å². The van der Waals surface area contributed by atoms with Crippen molar-refractivity contribution in [2.75, 3.05) is 0 Å². The van der Waals surface area contributed by atoms with E-state index in [1.807, 2.05) is 30.5 Å². The van der Waals surface area contributed by atoms with Gasteiger partial charge in [0, 0.05) is 23.6 Å². The van der Waals surface area contributed by atoms with Crippen LogP contribution in [0.5, 0.6) is 0 Å². The number of aromatic nitrogens is 1. The van der Waals surface area contributed by atoms with Gasteiger partial charge in [-0.2, -0.15) is 0 Å². The number of para-hydroxylation sites is 1. The quantitative estimate of drug-likeness (QED) is 0.814. The molecule has 15 heavy (non-hydrogen) atoms. The van der Waals surface area contributed by atoms with Gasteiger partial charge >= 0.3 is 0 Å². The molecule has 2 N–H and O–H groups in total. The molecule has 0 unspecified atom stereocenters. The zero-order valence-corrected chi connectivity index (χ0v) is 8.73. The summed E-state index contributed by atoms with van der Waals surface area (Å²) in [5.74, 6) is -0.360. The van der Waals surface area contributed by atoms with Crippen LogP contribution in [-0.2, 0) is 6.54 Å². The average Bonchev–Trinajstić information content (AvgIpc) is 2.59. The van der Waals surface area contributed by atoms with Crippen molar-refractivity contribution in [2.45, 2.75) is 19.9 Å². The third kappa shape index (κ3) is 1.61. The molecule has 1 aromatic carbocycles. The topological polar surface area (TPSA) is 48.0 Å². The summed E-state index contributed by atoms with van der Waals surface area (Å²) >= 11 is 0. The number of fused-ring (bicyclic) bond motifs is 1. The zero-order chi connectivity index (χ0) is 10.8. The second-order valence-electron chi connectivity index (χ2n) is 3.62. The highest BCUT2D eigenvalue weighted by atomic mass is 16.1. The van der Waals surface area contributed by atoms with Gasteiger partial charge in [-0.3, -0.25) is 4.79 Å². The molecular formula is C12H14N2O. The fraction of sp³-hybridized carbons (Fsp3) is 0.250. The third-order valence-corrected chi connectivity index (χ3v) is 2.52. The summed E-state index contributed by atoms with van der Waals surface area (Å²) in [6, 6.07) is 7.84. The molecule has 0 saturated heterocycles. The van der Waals surface area contributed by atoms with Crippen molar-refractivity contribution in [1.82, 2.24) is 4.57 Å². The number of nitrogens with zero attached hydrogens (tertiary/aromatic N) is 1. The van der Waals surface area contributed by atoms with Crippen LogP contribution in [0.1, 0.15) is 23.7 Å². The highest BCUT2D eigenvalue weighted by molar-refractivity contribution is 6.06. The van der Waals surface area contributed by atoms with E-state index in [1.54, 1.807) is 0 Å². The highest BCUT2D eigenvalue weighted by Gasteiger charge is 2.10. The number of aryl methyl sites for hydroxylation is 1. The van der Waals surface area contributed by atoms with Gasteiger partial charge in [0.05, 0.1) is 5.56 Å². The Morgan fingerprint density at radius 1 is 1.40 bits per heavy atom. The van der Waals surface area contributed by atoms with Crippen molar-refractivity contribution >= 4 is 16.8 Å². The Labute approximate surface area is 88.5 Å². The number of hydrogen-bond acceptors (Lipinski definition) is 1. The summed E-state index contributed by atoms with van der Waals surface area (Å²) in [6.07, 6.45) is 2.88. The number of hydrogen-bond donors (Lipinski definition) is 1. The summed E-state index contributed by atoms with van der Waals surface area (Å²) in [6.45, 7) is 3.02. The summed E-state index contributed by atoms with van der Waals surface area (Å²) < 4.78 is 2.08. The summed E-state index contributed by atoms with van der Waals surface area (Å²) in [7, 11) is 0. The molecule has 2 aromatic rings. The fourth-order valence-corrected chi connectivity index (χ4v) is 1.87. The van der Waals surface area contributed by atoms with Crippen LogP contribution in [0, 0.1) is 0 Å². The molecule has 0 aliphatic heterocycles. The van der Waals surface area contributed by atoms with E-state index >= 15 is 0 Å². The molecule has 1 amide bonds. The number of benzene rings is 1. The molecule has 0 aliphatic carbocycles. The monoisotopic (exact) mass is 202 g/mol. The average molecular weight is 202 g/mol. The van der Waals surface area contributed by atoms with Crippen molar-refractivity contribution in [3.8, 4) is 0 Å². The number of carbonyl (C=O) groups is 1. The second-order valence-corrected chi connectivity index (χ2v) is 3.62. The van der Waals surface area contributed by atoms with Gasteiger partial charge in [0.2, 0.25) is 0 Å². The van der Waals surface area contributed by atoms with E-state index in [0.717, 1.165) is 23.9 Å². The van der Waals surface area contributed by atoms with Gasteiger partial charge in [-0.15, -0.1) is 0 Å². The smallest absolute Gasteiger partial charge is 0.250 e. The number of carbonyl (C=O) groups excluding carboxylic acids is 1. The maximum Gasteiger partial charge on any atom is 0.250 e. The Kier molecular flexibility index (Phi) is 2.46. The summed E-state index contributed by atoms with van der Waals surface area (Å²) in [5.41, 5.74) is 7.02. The van der Waals surface area contributed by atoms with E-state index in [0.29, 0.717) is 5.56 Å².